The zero-order valence-electron chi connectivity index (χ0n) is 12.4. The maximum atomic E-state index is 5.29. The maximum Gasteiger partial charge on any atom is 0.213 e. The summed E-state index contributed by atoms with van der Waals surface area (Å²) in [5.41, 5.74) is 3.41. The second-order valence-electron chi connectivity index (χ2n) is 5.02. The predicted octanol–water partition coefficient (Wildman–Crippen LogP) is 2.52. The number of pyridine rings is 1. The molecular weight excluding hydrogens is 292 g/mol. The number of rotatable bonds is 4. The molecule has 23 heavy (non-hydrogen) atoms. The third-order valence-electron chi connectivity index (χ3n) is 3.66. The molecule has 3 heterocycles. The van der Waals surface area contributed by atoms with Gasteiger partial charge in [-0.15, -0.1) is 0 Å². The molecule has 0 unspecified atom stereocenters. The highest BCUT2D eigenvalue weighted by Gasteiger charge is 2.09. The number of fused-ring (bicyclic) bond motifs is 2. The Morgan fingerprint density at radius 1 is 1.17 bits per heavy atom. The molecule has 7 nitrogen and oxygen atoms in total. The van der Waals surface area contributed by atoms with Crippen LogP contribution >= 0.6 is 0 Å². The smallest absolute Gasteiger partial charge is 0.213 e. The molecule has 0 radical (unpaired) electrons. The van der Waals surface area contributed by atoms with Crippen LogP contribution in [0.4, 0.5) is 5.82 Å². The van der Waals surface area contributed by atoms with E-state index in [2.05, 4.69) is 30.2 Å². The van der Waals surface area contributed by atoms with Crippen LogP contribution in [0.15, 0.2) is 43.0 Å². The second-order valence-corrected chi connectivity index (χ2v) is 5.02. The molecule has 0 aliphatic carbocycles. The molecule has 0 saturated heterocycles. The molecule has 1 aromatic carbocycles. The summed E-state index contributed by atoms with van der Waals surface area (Å²) in [6.45, 7) is 0.588. The summed E-state index contributed by atoms with van der Waals surface area (Å²) in [6.07, 6.45) is 3.10. The van der Waals surface area contributed by atoms with E-state index in [1.165, 1.54) is 6.33 Å². The molecular formula is C16H14N6O. The number of nitrogens with zero attached hydrogens (tertiary/aromatic N) is 4. The van der Waals surface area contributed by atoms with Gasteiger partial charge in [0.2, 0.25) is 5.88 Å². The minimum atomic E-state index is 0.588. The molecule has 4 aromatic rings. The molecule has 0 aliphatic heterocycles. The van der Waals surface area contributed by atoms with E-state index in [0.29, 0.717) is 23.9 Å². The number of anilines is 1. The largest absolute Gasteiger partial charge is 0.481 e. The average Bonchev–Trinajstić information content (AvgIpc) is 3.08. The first-order valence-corrected chi connectivity index (χ1v) is 7.16. The van der Waals surface area contributed by atoms with Gasteiger partial charge in [-0.2, -0.15) is 0 Å². The summed E-state index contributed by atoms with van der Waals surface area (Å²) >= 11 is 0. The summed E-state index contributed by atoms with van der Waals surface area (Å²) in [5.74, 6) is 1.31. The van der Waals surface area contributed by atoms with Gasteiger partial charge in [-0.25, -0.2) is 19.9 Å². The van der Waals surface area contributed by atoms with Crippen molar-refractivity contribution in [3.8, 4) is 5.88 Å². The fraction of sp³-hybridized carbons (Fsp3) is 0.125. The van der Waals surface area contributed by atoms with Crippen LogP contribution in [0.5, 0.6) is 5.88 Å². The van der Waals surface area contributed by atoms with Crippen LogP contribution in [0.2, 0.25) is 0 Å². The summed E-state index contributed by atoms with van der Waals surface area (Å²) in [5, 5.41) is 4.41. The number of aromatic nitrogens is 5. The number of methoxy groups -OCH3 is 1. The van der Waals surface area contributed by atoms with E-state index < -0.39 is 0 Å². The number of aromatic amines is 1. The minimum Gasteiger partial charge on any atom is -0.481 e. The monoisotopic (exact) mass is 306 g/mol. The molecule has 0 aliphatic rings. The van der Waals surface area contributed by atoms with Crippen LogP contribution < -0.4 is 10.1 Å². The zero-order valence-corrected chi connectivity index (χ0v) is 12.4. The molecule has 0 saturated carbocycles. The van der Waals surface area contributed by atoms with Crippen molar-refractivity contribution in [2.45, 2.75) is 6.54 Å². The molecule has 0 spiro atoms. The van der Waals surface area contributed by atoms with Gasteiger partial charge in [-0.05, 0) is 11.6 Å². The highest BCUT2D eigenvalue weighted by Crippen LogP contribution is 2.23. The van der Waals surface area contributed by atoms with E-state index in [0.717, 1.165) is 22.0 Å². The lowest BCUT2D eigenvalue weighted by atomic mass is 10.1. The number of para-hydroxylation sites is 1. The topological polar surface area (TPSA) is 88.6 Å². The van der Waals surface area contributed by atoms with E-state index in [1.807, 2.05) is 30.3 Å². The fourth-order valence-corrected chi connectivity index (χ4v) is 2.55. The van der Waals surface area contributed by atoms with E-state index in [4.69, 9.17) is 4.74 Å². The van der Waals surface area contributed by atoms with Crippen molar-refractivity contribution in [2.24, 2.45) is 0 Å². The van der Waals surface area contributed by atoms with Crippen molar-refractivity contribution in [1.82, 2.24) is 24.9 Å². The van der Waals surface area contributed by atoms with Crippen molar-refractivity contribution in [3.63, 3.8) is 0 Å². The molecule has 2 N–H and O–H groups in total. The Balaban J connectivity index is 1.71. The molecule has 4 rings (SSSR count). The fourth-order valence-electron chi connectivity index (χ4n) is 2.55. The van der Waals surface area contributed by atoms with Crippen LogP contribution in [0.25, 0.3) is 22.1 Å². The Kier molecular flexibility index (Phi) is 3.23. The number of ether oxygens (including phenoxy) is 1. The third-order valence-corrected chi connectivity index (χ3v) is 3.66. The van der Waals surface area contributed by atoms with Gasteiger partial charge in [0, 0.05) is 18.0 Å². The normalized spacial score (nSPS) is 11.0. The Morgan fingerprint density at radius 3 is 3.00 bits per heavy atom. The van der Waals surface area contributed by atoms with Gasteiger partial charge < -0.3 is 15.0 Å². The first-order valence-electron chi connectivity index (χ1n) is 7.16. The SMILES string of the molecule is COc1cc(CNc2ncnc3nc[nH]c23)c2ccccc2n1. The lowest BCUT2D eigenvalue weighted by molar-refractivity contribution is 0.399. The van der Waals surface area contributed by atoms with Crippen molar-refractivity contribution in [2.75, 3.05) is 12.4 Å². The second kappa shape index (κ2) is 5.53. The van der Waals surface area contributed by atoms with Gasteiger partial charge in [-0.1, -0.05) is 18.2 Å². The van der Waals surface area contributed by atoms with Crippen LogP contribution in [0.1, 0.15) is 5.56 Å². The first kappa shape index (κ1) is 13.4. The molecule has 7 heteroatoms. The molecule has 0 fully saturated rings. The van der Waals surface area contributed by atoms with Crippen molar-refractivity contribution in [1.29, 1.82) is 0 Å². The number of hydrogen-bond donors (Lipinski definition) is 2. The van der Waals surface area contributed by atoms with Gasteiger partial charge in [0.25, 0.3) is 0 Å². The number of H-pyrrole nitrogens is 1. The number of hydrogen-bond acceptors (Lipinski definition) is 6. The van der Waals surface area contributed by atoms with E-state index in [-0.39, 0.29) is 0 Å². The maximum absolute atomic E-state index is 5.29. The van der Waals surface area contributed by atoms with Gasteiger partial charge >= 0.3 is 0 Å². The summed E-state index contributed by atoms with van der Waals surface area (Å²) in [4.78, 5) is 20.0. The number of nitrogens with one attached hydrogen (secondary N) is 2. The van der Waals surface area contributed by atoms with E-state index in [1.54, 1.807) is 13.4 Å². The van der Waals surface area contributed by atoms with E-state index in [9.17, 15) is 0 Å². The lowest BCUT2D eigenvalue weighted by Crippen LogP contribution is -2.04. The summed E-state index contributed by atoms with van der Waals surface area (Å²) < 4.78 is 5.29. The van der Waals surface area contributed by atoms with Crippen molar-refractivity contribution < 1.29 is 4.74 Å². The average molecular weight is 306 g/mol. The standard InChI is InChI=1S/C16H14N6O/c1-23-13-6-10(11-4-2-3-5-12(11)22-13)7-17-15-14-16(19-8-18-14)21-9-20-15/h2-6,8-9H,7H2,1H3,(H2,17,18,19,20,21). The van der Waals surface area contributed by atoms with Gasteiger partial charge in [0.05, 0.1) is 19.0 Å². The van der Waals surface area contributed by atoms with E-state index >= 15 is 0 Å². The highest BCUT2D eigenvalue weighted by molar-refractivity contribution is 5.84. The number of imidazole rings is 1. The Bertz CT molecular complexity index is 981. The first-order chi connectivity index (χ1) is 11.3. The Labute approximate surface area is 131 Å². The molecule has 0 amide bonds. The highest BCUT2D eigenvalue weighted by atomic mass is 16.5. The Morgan fingerprint density at radius 2 is 2.09 bits per heavy atom. The van der Waals surface area contributed by atoms with Crippen LogP contribution in [-0.2, 0) is 6.54 Å². The van der Waals surface area contributed by atoms with Crippen LogP contribution in [-0.4, -0.2) is 32.0 Å². The molecule has 3 aromatic heterocycles. The predicted molar refractivity (Wildman–Crippen MR) is 87.3 cm³/mol. The molecule has 114 valence electrons. The van der Waals surface area contributed by atoms with Gasteiger partial charge in [0.1, 0.15) is 11.8 Å². The van der Waals surface area contributed by atoms with Crippen molar-refractivity contribution in [3.05, 3.63) is 48.5 Å². The third kappa shape index (κ3) is 2.42. The summed E-state index contributed by atoms with van der Waals surface area (Å²) in [6, 6.07) is 9.91. The van der Waals surface area contributed by atoms with Crippen LogP contribution in [0, 0.1) is 0 Å². The van der Waals surface area contributed by atoms with Gasteiger partial charge in [-0.3, -0.25) is 0 Å². The Hall–Kier alpha value is -3.22. The quantitative estimate of drug-likeness (QED) is 0.602. The molecule has 0 atom stereocenters. The summed E-state index contributed by atoms with van der Waals surface area (Å²) in [7, 11) is 1.62. The molecule has 0 bridgehead atoms. The van der Waals surface area contributed by atoms with Crippen molar-refractivity contribution >= 4 is 27.9 Å². The lowest BCUT2D eigenvalue weighted by Gasteiger charge is -2.10. The minimum absolute atomic E-state index is 0.588. The van der Waals surface area contributed by atoms with Crippen LogP contribution in [0.3, 0.4) is 0 Å². The number of benzene rings is 1. The van der Waals surface area contributed by atoms with Gasteiger partial charge in [0.15, 0.2) is 11.5 Å². The zero-order chi connectivity index (χ0) is 15.6.